The molecule has 1 aromatic carbocycles. The van der Waals surface area contributed by atoms with Crippen LogP contribution in [0.2, 0.25) is 0 Å². The normalized spacial score (nSPS) is 14.0. The van der Waals surface area contributed by atoms with Crippen molar-refractivity contribution in [1.29, 1.82) is 0 Å². The Kier molecular flexibility index (Phi) is 1.10. The zero-order valence-corrected chi connectivity index (χ0v) is 6.93. The Morgan fingerprint density at radius 2 is 2.33 bits per heavy atom. The van der Waals surface area contributed by atoms with Crippen LogP contribution >= 0.6 is 11.3 Å². The van der Waals surface area contributed by atoms with Gasteiger partial charge in [-0.05, 0) is 12.1 Å². The lowest BCUT2D eigenvalue weighted by Crippen LogP contribution is -1.92. The first-order chi connectivity index (χ1) is 5.95. The summed E-state index contributed by atoms with van der Waals surface area (Å²) in [4.78, 5) is 4.18. The first-order valence-electron chi connectivity index (χ1n) is 3.57. The number of rotatable bonds is 0. The van der Waals surface area contributed by atoms with Crippen molar-refractivity contribution in [3.8, 4) is 11.5 Å². The maximum absolute atomic E-state index is 5.32. The second-order valence-corrected chi connectivity index (χ2v) is 3.35. The Morgan fingerprint density at radius 3 is 3.33 bits per heavy atom. The summed E-state index contributed by atoms with van der Waals surface area (Å²) in [5.74, 6) is 1.67. The summed E-state index contributed by atoms with van der Waals surface area (Å²) in [6, 6.07) is 3.84. The van der Waals surface area contributed by atoms with Crippen molar-refractivity contribution in [1.82, 2.24) is 4.98 Å². The van der Waals surface area contributed by atoms with Crippen LogP contribution in [0.3, 0.4) is 0 Å². The number of thiazole rings is 1. The third-order valence-corrected chi connectivity index (χ3v) is 2.68. The van der Waals surface area contributed by atoms with Crippen molar-refractivity contribution in [2.24, 2.45) is 0 Å². The second kappa shape index (κ2) is 2.10. The van der Waals surface area contributed by atoms with Gasteiger partial charge in [0.1, 0.15) is 4.70 Å². The average Bonchev–Trinajstić information content (AvgIpc) is 2.71. The maximum atomic E-state index is 5.32. The minimum Gasteiger partial charge on any atom is -0.454 e. The third kappa shape index (κ3) is 0.674. The van der Waals surface area contributed by atoms with Crippen molar-refractivity contribution in [3.63, 3.8) is 0 Å². The van der Waals surface area contributed by atoms with Gasteiger partial charge < -0.3 is 9.47 Å². The first kappa shape index (κ1) is 6.25. The lowest BCUT2D eigenvalue weighted by molar-refractivity contribution is 0.175. The fourth-order valence-corrected chi connectivity index (χ4v) is 2.07. The van der Waals surface area contributed by atoms with Crippen LogP contribution in [0.15, 0.2) is 17.6 Å². The SMILES string of the molecule is c1nc2ccc3c(c2s1)OCO3. The molecule has 0 unspecified atom stereocenters. The van der Waals surface area contributed by atoms with Crippen molar-refractivity contribution < 1.29 is 9.47 Å². The molecule has 2 aromatic rings. The zero-order valence-electron chi connectivity index (χ0n) is 6.11. The molecule has 0 radical (unpaired) electrons. The summed E-state index contributed by atoms with van der Waals surface area (Å²) in [7, 11) is 0. The Morgan fingerprint density at radius 1 is 1.33 bits per heavy atom. The molecule has 60 valence electrons. The quantitative estimate of drug-likeness (QED) is 0.620. The smallest absolute Gasteiger partial charge is 0.231 e. The lowest BCUT2D eigenvalue weighted by atomic mass is 10.3. The van der Waals surface area contributed by atoms with Gasteiger partial charge in [0.05, 0.1) is 11.0 Å². The number of nitrogens with zero attached hydrogens (tertiary/aromatic N) is 1. The summed E-state index contributed by atoms with van der Waals surface area (Å²) < 4.78 is 11.6. The topological polar surface area (TPSA) is 31.4 Å². The molecule has 0 N–H and O–H groups in total. The molecule has 1 aliphatic heterocycles. The van der Waals surface area contributed by atoms with E-state index in [-0.39, 0.29) is 0 Å². The van der Waals surface area contributed by atoms with E-state index in [0.29, 0.717) is 6.79 Å². The number of aromatic nitrogens is 1. The van der Waals surface area contributed by atoms with E-state index in [9.17, 15) is 0 Å². The van der Waals surface area contributed by atoms with Crippen LogP contribution in [0, 0.1) is 0 Å². The van der Waals surface area contributed by atoms with Crippen molar-refractivity contribution >= 4 is 21.6 Å². The second-order valence-electron chi connectivity index (χ2n) is 2.50. The molecule has 0 aliphatic carbocycles. The molecule has 0 fully saturated rings. The van der Waals surface area contributed by atoms with E-state index in [1.165, 1.54) is 0 Å². The molecular formula is C8H5NO2S. The molecule has 12 heavy (non-hydrogen) atoms. The van der Waals surface area contributed by atoms with Crippen LogP contribution in [0.1, 0.15) is 0 Å². The molecule has 0 saturated carbocycles. The van der Waals surface area contributed by atoms with E-state index >= 15 is 0 Å². The highest BCUT2D eigenvalue weighted by molar-refractivity contribution is 7.17. The van der Waals surface area contributed by atoms with Crippen LogP contribution in [0.4, 0.5) is 0 Å². The van der Waals surface area contributed by atoms with Crippen LogP contribution in [0.25, 0.3) is 10.2 Å². The molecule has 1 aromatic heterocycles. The Hall–Kier alpha value is -1.29. The summed E-state index contributed by atoms with van der Waals surface area (Å²) in [6.07, 6.45) is 0. The average molecular weight is 179 g/mol. The van der Waals surface area contributed by atoms with Gasteiger partial charge in [0, 0.05) is 0 Å². The van der Waals surface area contributed by atoms with Gasteiger partial charge in [-0.3, -0.25) is 0 Å². The number of hydrogen-bond acceptors (Lipinski definition) is 4. The number of benzene rings is 1. The van der Waals surface area contributed by atoms with Crippen LogP contribution in [-0.2, 0) is 0 Å². The minimum atomic E-state index is 0.326. The highest BCUT2D eigenvalue weighted by Crippen LogP contribution is 2.40. The van der Waals surface area contributed by atoms with Crippen molar-refractivity contribution in [2.45, 2.75) is 0 Å². The van der Waals surface area contributed by atoms with Crippen molar-refractivity contribution in [2.75, 3.05) is 6.79 Å². The summed E-state index contributed by atoms with van der Waals surface area (Å²) in [6.45, 7) is 0.326. The molecule has 4 heteroatoms. The molecule has 3 rings (SSSR count). The highest BCUT2D eigenvalue weighted by atomic mass is 32.1. The molecule has 2 heterocycles. The largest absolute Gasteiger partial charge is 0.454 e. The summed E-state index contributed by atoms with van der Waals surface area (Å²) in [5.41, 5.74) is 2.79. The van der Waals surface area contributed by atoms with Gasteiger partial charge >= 0.3 is 0 Å². The fraction of sp³-hybridized carbons (Fsp3) is 0.125. The van der Waals surface area contributed by atoms with Crippen LogP contribution in [-0.4, -0.2) is 11.8 Å². The molecule has 3 nitrogen and oxygen atoms in total. The highest BCUT2D eigenvalue weighted by Gasteiger charge is 2.17. The Balaban J connectivity index is 2.46. The molecule has 0 atom stereocenters. The lowest BCUT2D eigenvalue weighted by Gasteiger charge is -1.94. The maximum Gasteiger partial charge on any atom is 0.231 e. The van der Waals surface area contributed by atoms with Gasteiger partial charge in [-0.25, -0.2) is 4.98 Å². The third-order valence-electron chi connectivity index (χ3n) is 1.84. The summed E-state index contributed by atoms with van der Waals surface area (Å²) >= 11 is 1.58. The van der Waals surface area contributed by atoms with Crippen molar-refractivity contribution in [3.05, 3.63) is 17.6 Å². The summed E-state index contributed by atoms with van der Waals surface area (Å²) in [5, 5.41) is 0. The Bertz CT molecular complexity index is 438. The first-order valence-corrected chi connectivity index (χ1v) is 4.45. The van der Waals surface area contributed by atoms with Gasteiger partial charge in [-0.15, -0.1) is 11.3 Å². The van der Waals surface area contributed by atoms with Gasteiger partial charge in [0.15, 0.2) is 11.5 Å². The van der Waals surface area contributed by atoms with Gasteiger partial charge in [0.25, 0.3) is 0 Å². The van der Waals surface area contributed by atoms with E-state index in [0.717, 1.165) is 21.7 Å². The molecule has 0 saturated heterocycles. The van der Waals surface area contributed by atoms with E-state index in [1.807, 2.05) is 17.6 Å². The standard InChI is InChI=1S/C8H5NO2S/c1-2-6-7(11-4-10-6)8-5(1)9-3-12-8/h1-3H,4H2. The molecule has 0 amide bonds. The van der Waals surface area contributed by atoms with Gasteiger partial charge in [-0.2, -0.15) is 0 Å². The monoisotopic (exact) mass is 179 g/mol. The van der Waals surface area contributed by atoms with E-state index in [2.05, 4.69) is 4.98 Å². The molecule has 0 spiro atoms. The predicted octanol–water partition coefficient (Wildman–Crippen LogP) is 2.02. The molecule has 0 bridgehead atoms. The number of fused-ring (bicyclic) bond motifs is 3. The fourth-order valence-electron chi connectivity index (χ4n) is 1.29. The molecule has 1 aliphatic rings. The number of ether oxygens (including phenoxy) is 2. The van der Waals surface area contributed by atoms with Crippen LogP contribution < -0.4 is 9.47 Å². The van der Waals surface area contributed by atoms with E-state index in [4.69, 9.17) is 9.47 Å². The zero-order chi connectivity index (χ0) is 7.97. The Labute approximate surface area is 72.6 Å². The van der Waals surface area contributed by atoms with Gasteiger partial charge in [0.2, 0.25) is 6.79 Å². The minimum absolute atomic E-state index is 0.326. The predicted molar refractivity (Wildman–Crippen MR) is 45.7 cm³/mol. The number of hydrogen-bond donors (Lipinski definition) is 0. The van der Waals surface area contributed by atoms with E-state index < -0.39 is 0 Å². The van der Waals surface area contributed by atoms with Gasteiger partial charge in [-0.1, -0.05) is 0 Å². The van der Waals surface area contributed by atoms with Crippen LogP contribution in [0.5, 0.6) is 11.5 Å². The molecular weight excluding hydrogens is 174 g/mol. The van der Waals surface area contributed by atoms with E-state index in [1.54, 1.807) is 11.3 Å².